The van der Waals surface area contributed by atoms with Crippen LogP contribution in [0, 0.1) is 11.8 Å². The van der Waals surface area contributed by atoms with Crippen LogP contribution in [0.25, 0.3) is 0 Å². The first kappa shape index (κ1) is 16.8. The number of carbonyl (C=O) groups excluding carboxylic acids is 2. The summed E-state index contributed by atoms with van der Waals surface area (Å²) in [4.78, 5) is 39.0. The Morgan fingerprint density at radius 3 is 3.04 bits per heavy atom. The van der Waals surface area contributed by atoms with Crippen LogP contribution in [0.4, 0.5) is 0 Å². The monoisotopic (exact) mass is 385 g/mol. The van der Waals surface area contributed by atoms with Gasteiger partial charge in [-0.3, -0.25) is 14.6 Å². The molecule has 8 nitrogen and oxygen atoms in total. The van der Waals surface area contributed by atoms with Gasteiger partial charge in [0.25, 0.3) is 11.8 Å². The number of nitrogens with zero attached hydrogens (tertiary/aromatic N) is 4. The topological polar surface area (TPSA) is 97.3 Å². The molecule has 140 valence electrons. The summed E-state index contributed by atoms with van der Waals surface area (Å²) in [6.45, 7) is 1.78. The highest BCUT2D eigenvalue weighted by Crippen LogP contribution is 2.54. The lowest BCUT2D eigenvalue weighted by atomic mass is 9.73. The Bertz CT molecular complexity index is 861. The van der Waals surface area contributed by atoms with Gasteiger partial charge >= 0.3 is 0 Å². The molecular formula is C18H19N5O3S. The van der Waals surface area contributed by atoms with Gasteiger partial charge in [0.2, 0.25) is 0 Å². The number of fused-ring (bicyclic) bond motifs is 1. The fourth-order valence-electron chi connectivity index (χ4n) is 4.82. The minimum absolute atomic E-state index is 0.0329. The first-order valence-corrected chi connectivity index (χ1v) is 10.00. The Hall–Kier alpha value is -2.39. The van der Waals surface area contributed by atoms with Crippen molar-refractivity contribution in [2.75, 3.05) is 19.6 Å². The number of likely N-dealkylation sites (tertiary alicyclic amines) is 1. The highest BCUT2D eigenvalue weighted by atomic mass is 32.1. The van der Waals surface area contributed by atoms with Crippen molar-refractivity contribution >= 4 is 23.2 Å². The zero-order valence-electron chi connectivity index (χ0n) is 14.6. The molecule has 3 aliphatic heterocycles. The number of ether oxygens (including phenoxy) is 1. The maximum absolute atomic E-state index is 12.7. The summed E-state index contributed by atoms with van der Waals surface area (Å²) in [5, 5.41) is 4.75. The summed E-state index contributed by atoms with van der Waals surface area (Å²) < 4.78 is 6.34. The predicted molar refractivity (Wildman–Crippen MR) is 96.2 cm³/mol. The van der Waals surface area contributed by atoms with E-state index in [0.29, 0.717) is 31.0 Å². The summed E-state index contributed by atoms with van der Waals surface area (Å²) in [5.74, 6) is 0.177. The van der Waals surface area contributed by atoms with Gasteiger partial charge in [-0.1, -0.05) is 0 Å². The van der Waals surface area contributed by atoms with Crippen LogP contribution < -0.4 is 5.32 Å². The molecule has 0 aromatic carbocycles. The molecule has 2 amide bonds. The Morgan fingerprint density at radius 1 is 1.33 bits per heavy atom. The molecule has 27 heavy (non-hydrogen) atoms. The van der Waals surface area contributed by atoms with E-state index in [0.717, 1.165) is 12.8 Å². The fraction of sp³-hybridized carbons (Fsp3) is 0.500. The van der Waals surface area contributed by atoms with Crippen LogP contribution in [0.1, 0.15) is 33.8 Å². The van der Waals surface area contributed by atoms with E-state index in [4.69, 9.17) is 4.74 Å². The van der Waals surface area contributed by atoms with Crippen LogP contribution in [0.5, 0.6) is 0 Å². The third-order valence-corrected chi connectivity index (χ3v) is 6.60. The Morgan fingerprint density at radius 2 is 2.26 bits per heavy atom. The summed E-state index contributed by atoms with van der Waals surface area (Å²) in [6, 6.07) is 0. The van der Waals surface area contributed by atoms with E-state index in [2.05, 4.69) is 20.3 Å². The van der Waals surface area contributed by atoms with E-state index in [1.165, 1.54) is 29.9 Å². The lowest BCUT2D eigenvalue weighted by Gasteiger charge is -2.29. The SMILES string of the molecule is O=C(NC[C@H]1[C@H]2CN(C(=O)c3cscn3)C[C@]23CC[C@H]1O3)c1cnccn1. The molecule has 0 unspecified atom stereocenters. The largest absolute Gasteiger partial charge is 0.369 e. The number of carbonyl (C=O) groups is 2. The molecule has 2 aromatic heterocycles. The summed E-state index contributed by atoms with van der Waals surface area (Å²) in [6.07, 6.45) is 6.59. The number of thiazole rings is 1. The molecule has 0 radical (unpaired) electrons. The van der Waals surface area contributed by atoms with E-state index in [-0.39, 0.29) is 35.4 Å². The van der Waals surface area contributed by atoms with E-state index in [1.54, 1.807) is 10.9 Å². The van der Waals surface area contributed by atoms with Crippen molar-refractivity contribution < 1.29 is 14.3 Å². The number of rotatable bonds is 4. The maximum atomic E-state index is 12.7. The lowest BCUT2D eigenvalue weighted by molar-refractivity contribution is 0.00312. The van der Waals surface area contributed by atoms with Crippen molar-refractivity contribution in [1.29, 1.82) is 0 Å². The Balaban J connectivity index is 1.28. The molecule has 3 fully saturated rings. The van der Waals surface area contributed by atoms with Crippen molar-refractivity contribution in [3.63, 3.8) is 0 Å². The van der Waals surface area contributed by atoms with Gasteiger partial charge in [-0.25, -0.2) is 9.97 Å². The third-order valence-electron chi connectivity index (χ3n) is 6.02. The highest BCUT2D eigenvalue weighted by Gasteiger charge is 2.63. The second-order valence-electron chi connectivity index (χ2n) is 7.39. The van der Waals surface area contributed by atoms with Gasteiger partial charge in [0, 0.05) is 42.7 Å². The van der Waals surface area contributed by atoms with Gasteiger partial charge in [0.1, 0.15) is 11.4 Å². The molecule has 5 rings (SSSR count). The van der Waals surface area contributed by atoms with E-state index in [1.807, 2.05) is 4.90 Å². The second-order valence-corrected chi connectivity index (χ2v) is 8.11. The first-order chi connectivity index (χ1) is 13.2. The van der Waals surface area contributed by atoms with Crippen LogP contribution in [-0.4, -0.2) is 63.0 Å². The second kappa shape index (κ2) is 6.35. The van der Waals surface area contributed by atoms with E-state index < -0.39 is 0 Å². The zero-order chi connectivity index (χ0) is 18.4. The van der Waals surface area contributed by atoms with Crippen molar-refractivity contribution in [3.05, 3.63) is 40.9 Å². The van der Waals surface area contributed by atoms with Gasteiger partial charge in [-0.2, -0.15) is 0 Å². The van der Waals surface area contributed by atoms with Crippen molar-refractivity contribution in [3.8, 4) is 0 Å². The molecule has 2 bridgehead atoms. The molecule has 5 heterocycles. The van der Waals surface area contributed by atoms with Gasteiger partial charge in [0.05, 0.1) is 30.0 Å². The van der Waals surface area contributed by atoms with E-state index in [9.17, 15) is 9.59 Å². The molecule has 1 N–H and O–H groups in total. The molecule has 3 saturated heterocycles. The fourth-order valence-corrected chi connectivity index (χ4v) is 5.34. The molecule has 9 heteroatoms. The Labute approximate surface area is 160 Å². The van der Waals surface area contributed by atoms with Gasteiger partial charge in [-0.05, 0) is 12.8 Å². The van der Waals surface area contributed by atoms with Crippen molar-refractivity contribution in [1.82, 2.24) is 25.2 Å². The number of amides is 2. The Kier molecular flexibility index (Phi) is 3.94. The summed E-state index contributed by atoms with van der Waals surface area (Å²) in [7, 11) is 0. The quantitative estimate of drug-likeness (QED) is 0.843. The van der Waals surface area contributed by atoms with Gasteiger partial charge < -0.3 is 15.0 Å². The minimum atomic E-state index is -0.266. The maximum Gasteiger partial charge on any atom is 0.273 e. The standard InChI is InChI=1S/C18H19N5O3S/c24-16(13-6-19-3-4-20-13)21-5-11-12-7-23(17(25)14-8-27-10-22-14)9-18(12)2-1-15(11)26-18/h3-4,6,8,10-12,15H,1-2,5,7,9H2,(H,21,24)/t11-,12+,15+,18+/m0/s1. The smallest absolute Gasteiger partial charge is 0.273 e. The van der Waals surface area contributed by atoms with Crippen LogP contribution in [0.2, 0.25) is 0 Å². The third kappa shape index (κ3) is 2.72. The summed E-state index contributed by atoms with van der Waals surface area (Å²) in [5.41, 5.74) is 2.22. The molecule has 3 aliphatic rings. The van der Waals surface area contributed by atoms with Crippen molar-refractivity contribution in [2.24, 2.45) is 11.8 Å². The first-order valence-electron chi connectivity index (χ1n) is 9.06. The number of hydrogen-bond donors (Lipinski definition) is 1. The van der Waals surface area contributed by atoms with Crippen molar-refractivity contribution in [2.45, 2.75) is 24.5 Å². The molecule has 0 saturated carbocycles. The number of nitrogens with one attached hydrogen (secondary N) is 1. The van der Waals surface area contributed by atoms with Crippen LogP contribution in [0.3, 0.4) is 0 Å². The zero-order valence-corrected chi connectivity index (χ0v) is 15.4. The lowest BCUT2D eigenvalue weighted by Crippen LogP contribution is -2.42. The molecule has 2 aromatic rings. The van der Waals surface area contributed by atoms with Crippen LogP contribution in [-0.2, 0) is 4.74 Å². The van der Waals surface area contributed by atoms with Crippen LogP contribution in [0.15, 0.2) is 29.5 Å². The highest BCUT2D eigenvalue weighted by molar-refractivity contribution is 7.07. The van der Waals surface area contributed by atoms with Crippen LogP contribution >= 0.6 is 11.3 Å². The van der Waals surface area contributed by atoms with E-state index >= 15 is 0 Å². The number of hydrogen-bond acceptors (Lipinski definition) is 7. The average molecular weight is 385 g/mol. The number of aromatic nitrogens is 3. The van der Waals surface area contributed by atoms with Gasteiger partial charge in [0.15, 0.2) is 0 Å². The molecule has 1 spiro atoms. The molecule has 4 atom stereocenters. The normalized spacial score (nSPS) is 31.1. The molecular weight excluding hydrogens is 366 g/mol. The summed E-state index contributed by atoms with van der Waals surface area (Å²) >= 11 is 1.42. The average Bonchev–Trinajstić information content (AvgIpc) is 3.47. The minimum Gasteiger partial charge on any atom is -0.369 e. The van der Waals surface area contributed by atoms with Gasteiger partial charge in [-0.15, -0.1) is 11.3 Å². The molecule has 0 aliphatic carbocycles. The predicted octanol–water partition coefficient (Wildman–Crippen LogP) is 0.983.